The lowest BCUT2D eigenvalue weighted by Crippen LogP contribution is -2.00. The fraction of sp³-hybridized carbons (Fsp3) is 0.143. The highest BCUT2D eigenvalue weighted by atomic mass is 16.5. The molecule has 3 rings (SSSR count). The molecule has 1 heterocycles. The first-order valence-corrected chi connectivity index (χ1v) is 8.36. The molecule has 0 amide bonds. The number of ether oxygens (including phenoxy) is 1. The first-order chi connectivity index (χ1) is 12.6. The molecule has 3 N–H and O–H groups in total. The Morgan fingerprint density at radius 2 is 1.69 bits per heavy atom. The second-order valence-corrected chi connectivity index (χ2v) is 5.95. The van der Waals surface area contributed by atoms with Crippen molar-refractivity contribution < 1.29 is 14.6 Å². The fourth-order valence-electron chi connectivity index (χ4n) is 2.59. The van der Waals surface area contributed by atoms with E-state index >= 15 is 0 Å². The van der Waals surface area contributed by atoms with E-state index in [1.165, 1.54) is 0 Å². The normalized spacial score (nSPS) is 10.5. The third-order valence-corrected chi connectivity index (χ3v) is 4.00. The van der Waals surface area contributed by atoms with Crippen LogP contribution >= 0.6 is 0 Å². The monoisotopic (exact) mass is 348 g/mol. The van der Waals surface area contributed by atoms with Gasteiger partial charge < -0.3 is 15.6 Å². The van der Waals surface area contributed by atoms with Crippen LogP contribution in [0.25, 0.3) is 11.3 Å². The number of aliphatic carboxylic acids is 1. The van der Waals surface area contributed by atoms with Gasteiger partial charge in [-0.1, -0.05) is 48.5 Å². The highest BCUT2D eigenvalue weighted by Crippen LogP contribution is 2.25. The van der Waals surface area contributed by atoms with Crippen molar-refractivity contribution in [2.24, 2.45) is 0 Å². The summed E-state index contributed by atoms with van der Waals surface area (Å²) in [6.45, 7) is 0.389. The topological polar surface area (TPSA) is 85.4 Å². The Bertz CT molecular complexity index is 892. The lowest BCUT2D eigenvalue weighted by molar-refractivity contribution is -0.136. The number of aryl methyl sites for hydroxylation is 1. The fourth-order valence-corrected chi connectivity index (χ4v) is 2.59. The molecule has 0 spiro atoms. The summed E-state index contributed by atoms with van der Waals surface area (Å²) in [5.41, 5.74) is 10.3. The average Bonchev–Trinajstić information content (AvgIpc) is 2.66. The smallest absolute Gasteiger partial charge is 0.303 e. The Balaban J connectivity index is 1.64. The maximum Gasteiger partial charge on any atom is 0.303 e. The number of para-hydroxylation sites is 1. The molecular weight excluding hydrogens is 328 g/mol. The van der Waals surface area contributed by atoms with Crippen LogP contribution in [0.2, 0.25) is 0 Å². The van der Waals surface area contributed by atoms with Gasteiger partial charge in [-0.2, -0.15) is 0 Å². The third-order valence-electron chi connectivity index (χ3n) is 4.00. The maximum absolute atomic E-state index is 10.6. The molecule has 26 heavy (non-hydrogen) atoms. The quantitative estimate of drug-likeness (QED) is 0.632. The molecule has 0 atom stereocenters. The van der Waals surface area contributed by atoms with Crippen LogP contribution in [-0.2, 0) is 17.8 Å². The summed E-state index contributed by atoms with van der Waals surface area (Å²) in [4.78, 5) is 15.1. The summed E-state index contributed by atoms with van der Waals surface area (Å²) in [6.07, 6.45) is 0.660. The first-order valence-electron chi connectivity index (χ1n) is 8.36. The number of benzene rings is 2. The number of nitrogens with zero attached hydrogens (tertiary/aromatic N) is 1. The lowest BCUT2D eigenvalue weighted by atomic mass is 10.1. The van der Waals surface area contributed by atoms with Crippen LogP contribution in [0, 0.1) is 0 Å². The van der Waals surface area contributed by atoms with Gasteiger partial charge >= 0.3 is 5.97 Å². The molecule has 2 aromatic carbocycles. The van der Waals surface area contributed by atoms with Crippen LogP contribution < -0.4 is 10.5 Å². The molecule has 0 fully saturated rings. The molecule has 0 aliphatic carbocycles. The number of nitrogens with two attached hydrogens (primary N) is 1. The molecule has 5 nitrogen and oxygen atoms in total. The Kier molecular flexibility index (Phi) is 5.49. The number of hydrogen-bond donors (Lipinski definition) is 2. The highest BCUT2D eigenvalue weighted by molar-refractivity contribution is 5.73. The van der Waals surface area contributed by atoms with Gasteiger partial charge in [0, 0.05) is 23.7 Å². The molecule has 3 aromatic rings. The number of aromatic nitrogens is 1. The zero-order valence-corrected chi connectivity index (χ0v) is 14.3. The number of carbonyl (C=O) groups is 1. The van der Waals surface area contributed by atoms with E-state index in [4.69, 9.17) is 15.6 Å². The standard InChI is InChI=1S/C21H20N2O3/c22-18-5-2-1-4-17(18)19-6-3-7-20(23-19)26-14-16-10-8-15(9-11-16)12-13-21(24)25/h1-11H,12-14,22H2,(H,24,25). The highest BCUT2D eigenvalue weighted by Gasteiger charge is 2.05. The van der Waals surface area contributed by atoms with E-state index in [1.54, 1.807) is 0 Å². The second kappa shape index (κ2) is 8.16. The molecule has 5 heteroatoms. The summed E-state index contributed by atoms with van der Waals surface area (Å²) >= 11 is 0. The SMILES string of the molecule is Nc1ccccc1-c1cccc(OCc2ccc(CCC(=O)O)cc2)n1. The Hall–Kier alpha value is -3.34. The Morgan fingerprint density at radius 3 is 2.42 bits per heavy atom. The minimum Gasteiger partial charge on any atom is -0.481 e. The second-order valence-electron chi connectivity index (χ2n) is 5.95. The summed E-state index contributed by atoms with van der Waals surface area (Å²) in [6, 6.07) is 20.9. The van der Waals surface area contributed by atoms with Crippen LogP contribution in [0.1, 0.15) is 17.5 Å². The predicted octanol–water partition coefficient (Wildman–Crippen LogP) is 3.93. The van der Waals surface area contributed by atoms with Gasteiger partial charge in [0.15, 0.2) is 0 Å². The zero-order valence-electron chi connectivity index (χ0n) is 14.3. The van der Waals surface area contributed by atoms with Crippen LogP contribution in [0.15, 0.2) is 66.7 Å². The van der Waals surface area contributed by atoms with Gasteiger partial charge in [0.05, 0.1) is 5.69 Å². The number of nitrogen functional groups attached to an aromatic ring is 1. The van der Waals surface area contributed by atoms with E-state index in [2.05, 4.69) is 4.98 Å². The summed E-state index contributed by atoms with van der Waals surface area (Å²) in [7, 11) is 0. The van der Waals surface area contributed by atoms with Gasteiger partial charge in [-0.05, 0) is 29.7 Å². The van der Waals surface area contributed by atoms with Crippen molar-refractivity contribution in [3.8, 4) is 17.1 Å². The average molecular weight is 348 g/mol. The summed E-state index contributed by atoms with van der Waals surface area (Å²) in [5, 5.41) is 8.73. The number of carboxylic acid groups (broad SMARTS) is 1. The van der Waals surface area contributed by atoms with E-state index in [0.29, 0.717) is 24.6 Å². The zero-order chi connectivity index (χ0) is 18.4. The summed E-state index contributed by atoms with van der Waals surface area (Å²) in [5.74, 6) is -0.261. The number of anilines is 1. The number of carboxylic acids is 1. The van der Waals surface area contributed by atoms with E-state index in [-0.39, 0.29) is 6.42 Å². The molecule has 1 aromatic heterocycles. The third kappa shape index (κ3) is 4.60. The Labute approximate surface area is 152 Å². The van der Waals surface area contributed by atoms with E-state index in [1.807, 2.05) is 66.7 Å². The number of pyridine rings is 1. The van der Waals surface area contributed by atoms with Gasteiger partial charge in [0.1, 0.15) is 6.61 Å². The van der Waals surface area contributed by atoms with Crippen molar-refractivity contribution in [3.63, 3.8) is 0 Å². The predicted molar refractivity (Wildman–Crippen MR) is 101 cm³/mol. The van der Waals surface area contributed by atoms with Crippen molar-refractivity contribution in [2.75, 3.05) is 5.73 Å². The molecule has 0 saturated carbocycles. The molecular formula is C21H20N2O3. The maximum atomic E-state index is 10.6. The molecule has 0 saturated heterocycles. The van der Waals surface area contributed by atoms with Gasteiger partial charge in [-0.3, -0.25) is 4.79 Å². The molecule has 0 bridgehead atoms. The van der Waals surface area contributed by atoms with E-state index < -0.39 is 5.97 Å². The van der Waals surface area contributed by atoms with Crippen LogP contribution in [0.3, 0.4) is 0 Å². The van der Waals surface area contributed by atoms with Gasteiger partial charge in [-0.25, -0.2) is 4.98 Å². The van der Waals surface area contributed by atoms with Crippen molar-refractivity contribution in [1.82, 2.24) is 4.98 Å². The van der Waals surface area contributed by atoms with Crippen molar-refractivity contribution in [1.29, 1.82) is 0 Å². The number of rotatable bonds is 7. The van der Waals surface area contributed by atoms with Crippen LogP contribution in [0.4, 0.5) is 5.69 Å². The summed E-state index contributed by atoms with van der Waals surface area (Å²) < 4.78 is 5.79. The van der Waals surface area contributed by atoms with Gasteiger partial charge in [0.2, 0.25) is 5.88 Å². The lowest BCUT2D eigenvalue weighted by Gasteiger charge is -2.09. The van der Waals surface area contributed by atoms with Crippen molar-refractivity contribution >= 4 is 11.7 Å². The molecule has 132 valence electrons. The van der Waals surface area contributed by atoms with E-state index in [0.717, 1.165) is 22.4 Å². The van der Waals surface area contributed by atoms with Crippen LogP contribution in [0.5, 0.6) is 5.88 Å². The molecule has 0 radical (unpaired) electrons. The van der Waals surface area contributed by atoms with Gasteiger partial charge in [0.25, 0.3) is 0 Å². The van der Waals surface area contributed by atoms with Crippen LogP contribution in [-0.4, -0.2) is 16.1 Å². The molecule has 0 aliphatic rings. The first kappa shape index (κ1) is 17.5. The van der Waals surface area contributed by atoms with E-state index in [9.17, 15) is 4.79 Å². The minimum atomic E-state index is -0.789. The van der Waals surface area contributed by atoms with Crippen molar-refractivity contribution in [3.05, 3.63) is 77.9 Å². The van der Waals surface area contributed by atoms with Gasteiger partial charge in [-0.15, -0.1) is 0 Å². The largest absolute Gasteiger partial charge is 0.481 e. The number of hydrogen-bond acceptors (Lipinski definition) is 4. The van der Waals surface area contributed by atoms with Crippen molar-refractivity contribution in [2.45, 2.75) is 19.4 Å². The molecule has 0 unspecified atom stereocenters. The molecule has 0 aliphatic heterocycles. The Morgan fingerprint density at radius 1 is 0.962 bits per heavy atom. The minimum absolute atomic E-state index is 0.134.